The molecule has 3 rings (SSSR count). The third-order valence-electron chi connectivity index (χ3n) is 4.21. The number of rotatable bonds is 4. The third-order valence-corrected chi connectivity index (χ3v) is 4.77. The first-order valence-electron chi connectivity index (χ1n) is 8.05. The van der Waals surface area contributed by atoms with Gasteiger partial charge in [0.05, 0.1) is 10.7 Å². The number of amides is 2. The van der Waals surface area contributed by atoms with Crippen molar-refractivity contribution in [3.05, 3.63) is 63.6 Å². The number of benzene rings is 2. The summed E-state index contributed by atoms with van der Waals surface area (Å²) in [4.78, 5) is 28.0. The Kier molecular flexibility index (Phi) is 5.30. The van der Waals surface area contributed by atoms with Crippen molar-refractivity contribution in [1.29, 1.82) is 0 Å². The lowest BCUT2D eigenvalue weighted by Crippen LogP contribution is -2.27. The van der Waals surface area contributed by atoms with Crippen molar-refractivity contribution >= 4 is 40.7 Å². The second-order valence-electron chi connectivity index (χ2n) is 6.11. The van der Waals surface area contributed by atoms with Gasteiger partial charge in [0.1, 0.15) is 0 Å². The molecule has 2 aromatic rings. The molecular weight excluding hydrogens is 359 g/mol. The van der Waals surface area contributed by atoms with Gasteiger partial charge in [-0.3, -0.25) is 9.59 Å². The third kappa shape index (κ3) is 3.97. The molecule has 6 heteroatoms. The summed E-state index contributed by atoms with van der Waals surface area (Å²) >= 11 is 12.2. The fraction of sp³-hybridized carbons (Fsp3) is 0.263. The maximum atomic E-state index is 12.7. The van der Waals surface area contributed by atoms with Gasteiger partial charge in [-0.2, -0.15) is 0 Å². The normalized spacial score (nSPS) is 14.0. The molecule has 0 aromatic heterocycles. The van der Waals surface area contributed by atoms with Crippen LogP contribution in [0.4, 0.5) is 5.69 Å². The highest BCUT2D eigenvalue weighted by Crippen LogP contribution is 2.30. The minimum atomic E-state index is -0.135. The van der Waals surface area contributed by atoms with Crippen molar-refractivity contribution in [3.63, 3.8) is 0 Å². The molecular formula is C19H18Cl2N2O2. The minimum absolute atomic E-state index is 0.0405. The van der Waals surface area contributed by atoms with Gasteiger partial charge in [-0.1, -0.05) is 35.3 Å². The molecule has 2 aromatic carbocycles. The van der Waals surface area contributed by atoms with Crippen molar-refractivity contribution in [2.75, 3.05) is 18.5 Å². The maximum absolute atomic E-state index is 12.7. The zero-order chi connectivity index (χ0) is 18.0. The molecule has 0 spiro atoms. The van der Waals surface area contributed by atoms with Crippen LogP contribution in [0.5, 0.6) is 0 Å². The summed E-state index contributed by atoms with van der Waals surface area (Å²) < 4.78 is 0. The summed E-state index contributed by atoms with van der Waals surface area (Å²) in [7, 11) is 1.73. The van der Waals surface area contributed by atoms with Crippen LogP contribution >= 0.6 is 23.2 Å². The van der Waals surface area contributed by atoms with E-state index in [4.69, 9.17) is 23.2 Å². The van der Waals surface area contributed by atoms with E-state index in [-0.39, 0.29) is 11.8 Å². The molecule has 25 heavy (non-hydrogen) atoms. The molecule has 1 saturated heterocycles. The maximum Gasteiger partial charge on any atom is 0.253 e. The Bertz CT molecular complexity index is 823. The topological polar surface area (TPSA) is 40.6 Å². The van der Waals surface area contributed by atoms with Gasteiger partial charge in [-0.15, -0.1) is 0 Å². The van der Waals surface area contributed by atoms with Crippen molar-refractivity contribution in [1.82, 2.24) is 4.90 Å². The van der Waals surface area contributed by atoms with Gasteiger partial charge in [-0.05, 0) is 42.3 Å². The number of hydrogen-bond acceptors (Lipinski definition) is 2. The van der Waals surface area contributed by atoms with Crippen molar-refractivity contribution in [2.45, 2.75) is 19.4 Å². The van der Waals surface area contributed by atoms with Crippen LogP contribution < -0.4 is 4.90 Å². The van der Waals surface area contributed by atoms with E-state index in [1.165, 1.54) is 0 Å². The molecule has 1 fully saturated rings. The van der Waals surface area contributed by atoms with E-state index in [0.717, 1.165) is 12.0 Å². The number of nitrogens with zero attached hydrogens (tertiary/aromatic N) is 2. The molecule has 0 N–H and O–H groups in total. The lowest BCUT2D eigenvalue weighted by Gasteiger charge is -2.21. The number of hydrogen-bond donors (Lipinski definition) is 0. The Morgan fingerprint density at radius 3 is 2.68 bits per heavy atom. The summed E-state index contributed by atoms with van der Waals surface area (Å²) in [6.45, 7) is 1.08. The van der Waals surface area contributed by atoms with Crippen LogP contribution in [-0.4, -0.2) is 30.3 Å². The second-order valence-corrected chi connectivity index (χ2v) is 6.95. The highest BCUT2D eigenvalue weighted by molar-refractivity contribution is 6.34. The molecule has 130 valence electrons. The van der Waals surface area contributed by atoms with E-state index in [0.29, 0.717) is 40.8 Å². The van der Waals surface area contributed by atoms with Crippen molar-refractivity contribution in [2.24, 2.45) is 0 Å². The highest BCUT2D eigenvalue weighted by Gasteiger charge is 2.25. The van der Waals surface area contributed by atoms with E-state index < -0.39 is 0 Å². The summed E-state index contributed by atoms with van der Waals surface area (Å²) in [6, 6.07) is 12.5. The zero-order valence-electron chi connectivity index (χ0n) is 13.8. The van der Waals surface area contributed by atoms with Gasteiger partial charge in [0, 0.05) is 37.1 Å². The van der Waals surface area contributed by atoms with E-state index in [2.05, 4.69) is 0 Å². The Morgan fingerprint density at radius 2 is 2.00 bits per heavy atom. The van der Waals surface area contributed by atoms with Crippen LogP contribution in [0.15, 0.2) is 42.5 Å². The minimum Gasteiger partial charge on any atom is -0.337 e. The molecule has 0 aliphatic carbocycles. The van der Waals surface area contributed by atoms with Gasteiger partial charge in [0.2, 0.25) is 5.91 Å². The predicted octanol–water partition coefficient (Wildman–Crippen LogP) is 4.39. The molecule has 1 aliphatic rings. The van der Waals surface area contributed by atoms with Gasteiger partial charge in [0.15, 0.2) is 0 Å². The van der Waals surface area contributed by atoms with Crippen LogP contribution in [0.25, 0.3) is 0 Å². The first kappa shape index (κ1) is 17.8. The second kappa shape index (κ2) is 7.46. The van der Waals surface area contributed by atoms with Crippen molar-refractivity contribution < 1.29 is 9.59 Å². The Labute approximate surface area is 156 Å². The Morgan fingerprint density at radius 1 is 1.20 bits per heavy atom. The van der Waals surface area contributed by atoms with Gasteiger partial charge in [-0.25, -0.2) is 0 Å². The van der Waals surface area contributed by atoms with Gasteiger partial charge in [0.25, 0.3) is 5.91 Å². The SMILES string of the molecule is CN(Cc1cccc(Cl)c1)C(=O)c1ccc(Cl)c(N2CCCC2=O)c1. The number of carbonyl (C=O) groups is 2. The van der Waals surface area contributed by atoms with Crippen LogP contribution in [0.2, 0.25) is 10.0 Å². The molecule has 1 aliphatic heterocycles. The number of halogens is 2. The number of carbonyl (C=O) groups excluding carboxylic acids is 2. The lowest BCUT2D eigenvalue weighted by molar-refractivity contribution is -0.117. The molecule has 2 amide bonds. The largest absolute Gasteiger partial charge is 0.337 e. The molecule has 0 bridgehead atoms. The summed E-state index contributed by atoms with van der Waals surface area (Å²) in [5.74, 6) is -0.0941. The first-order chi connectivity index (χ1) is 12.0. The van der Waals surface area contributed by atoms with E-state index in [1.807, 2.05) is 18.2 Å². The van der Waals surface area contributed by atoms with Crippen molar-refractivity contribution in [3.8, 4) is 0 Å². The molecule has 0 atom stereocenters. The van der Waals surface area contributed by atoms with Gasteiger partial charge >= 0.3 is 0 Å². The molecule has 4 nitrogen and oxygen atoms in total. The fourth-order valence-electron chi connectivity index (χ4n) is 2.96. The number of anilines is 1. The first-order valence-corrected chi connectivity index (χ1v) is 8.81. The van der Waals surface area contributed by atoms with Crippen LogP contribution in [0, 0.1) is 0 Å². The summed E-state index contributed by atoms with van der Waals surface area (Å²) in [5.41, 5.74) is 2.06. The zero-order valence-corrected chi connectivity index (χ0v) is 15.3. The van der Waals surface area contributed by atoms with Crippen LogP contribution in [-0.2, 0) is 11.3 Å². The molecule has 0 radical (unpaired) electrons. The monoisotopic (exact) mass is 376 g/mol. The Balaban J connectivity index is 1.81. The quantitative estimate of drug-likeness (QED) is 0.793. The average Bonchev–Trinajstić information content (AvgIpc) is 3.00. The smallest absolute Gasteiger partial charge is 0.253 e. The van der Waals surface area contributed by atoms with Gasteiger partial charge < -0.3 is 9.80 Å². The van der Waals surface area contributed by atoms with E-state index >= 15 is 0 Å². The molecule has 0 saturated carbocycles. The fourth-order valence-corrected chi connectivity index (χ4v) is 3.39. The summed E-state index contributed by atoms with van der Waals surface area (Å²) in [5, 5.41) is 1.11. The summed E-state index contributed by atoms with van der Waals surface area (Å²) in [6.07, 6.45) is 1.32. The van der Waals surface area contributed by atoms with Crippen LogP contribution in [0.3, 0.4) is 0 Å². The predicted molar refractivity (Wildman–Crippen MR) is 100 cm³/mol. The van der Waals surface area contributed by atoms with E-state index in [9.17, 15) is 9.59 Å². The van der Waals surface area contributed by atoms with Crippen LogP contribution in [0.1, 0.15) is 28.8 Å². The average molecular weight is 377 g/mol. The highest BCUT2D eigenvalue weighted by atomic mass is 35.5. The molecule has 0 unspecified atom stereocenters. The standard InChI is InChI=1S/C19H18Cl2N2O2/c1-22(12-13-4-2-5-15(20)10-13)19(25)14-7-8-16(21)17(11-14)23-9-3-6-18(23)24/h2,4-5,7-8,10-11H,3,6,9,12H2,1H3. The van der Waals surface area contributed by atoms with E-state index in [1.54, 1.807) is 41.1 Å². The lowest BCUT2D eigenvalue weighted by atomic mass is 10.1. The Hall–Kier alpha value is -2.04. The molecule has 1 heterocycles.